The standard InChI is InChI=1S/C18H10F3N3O2/c19-18(20,21)15-7-13(4-5-24-15)17(26)16(25)12-3-1-2-11(6-12)14-8-22-10-23-9-14/h1-10H. The van der Waals surface area contributed by atoms with Gasteiger partial charge in [-0.1, -0.05) is 18.2 Å². The van der Waals surface area contributed by atoms with Gasteiger partial charge in [-0.25, -0.2) is 9.97 Å². The van der Waals surface area contributed by atoms with Crippen molar-refractivity contribution in [1.29, 1.82) is 0 Å². The van der Waals surface area contributed by atoms with E-state index >= 15 is 0 Å². The number of carbonyl (C=O) groups excluding carboxylic acids is 2. The van der Waals surface area contributed by atoms with Crippen LogP contribution < -0.4 is 0 Å². The molecule has 130 valence electrons. The minimum absolute atomic E-state index is 0.0572. The van der Waals surface area contributed by atoms with Gasteiger partial charge in [-0.15, -0.1) is 0 Å². The number of carbonyl (C=O) groups is 2. The highest BCUT2D eigenvalue weighted by atomic mass is 19.4. The van der Waals surface area contributed by atoms with Crippen molar-refractivity contribution in [2.45, 2.75) is 6.18 Å². The molecule has 0 atom stereocenters. The number of benzene rings is 1. The van der Waals surface area contributed by atoms with Gasteiger partial charge in [-0.2, -0.15) is 13.2 Å². The zero-order valence-corrected chi connectivity index (χ0v) is 13.1. The lowest BCUT2D eigenvalue weighted by Crippen LogP contribution is -2.16. The third-order valence-electron chi connectivity index (χ3n) is 3.54. The average molecular weight is 357 g/mol. The molecule has 0 radical (unpaired) electrons. The van der Waals surface area contributed by atoms with Crippen molar-refractivity contribution in [3.05, 3.63) is 78.1 Å². The Balaban J connectivity index is 1.92. The number of Topliss-reactive ketones (excluding diaryl/α,β-unsaturated/α-hetero) is 2. The van der Waals surface area contributed by atoms with Crippen LogP contribution in [-0.4, -0.2) is 26.5 Å². The summed E-state index contributed by atoms with van der Waals surface area (Å²) in [6.45, 7) is 0. The third kappa shape index (κ3) is 3.64. The summed E-state index contributed by atoms with van der Waals surface area (Å²) in [4.78, 5) is 35.6. The van der Waals surface area contributed by atoms with Gasteiger partial charge in [0.05, 0.1) is 0 Å². The maximum absolute atomic E-state index is 12.7. The first-order valence-electron chi connectivity index (χ1n) is 7.34. The molecule has 0 spiro atoms. The van der Waals surface area contributed by atoms with E-state index in [-0.39, 0.29) is 11.1 Å². The minimum Gasteiger partial charge on any atom is -0.285 e. The van der Waals surface area contributed by atoms with Gasteiger partial charge in [0.1, 0.15) is 12.0 Å². The molecule has 3 rings (SSSR count). The second-order valence-corrected chi connectivity index (χ2v) is 5.29. The Morgan fingerprint density at radius 1 is 0.846 bits per heavy atom. The van der Waals surface area contributed by atoms with E-state index in [0.717, 1.165) is 12.3 Å². The van der Waals surface area contributed by atoms with Crippen LogP contribution in [-0.2, 0) is 6.18 Å². The van der Waals surface area contributed by atoms with E-state index in [1.165, 1.54) is 30.9 Å². The molecule has 0 aliphatic rings. The lowest BCUT2D eigenvalue weighted by molar-refractivity contribution is -0.141. The molecule has 2 heterocycles. The second-order valence-electron chi connectivity index (χ2n) is 5.29. The molecule has 1 aromatic carbocycles. The van der Waals surface area contributed by atoms with Crippen LogP contribution in [0.4, 0.5) is 13.2 Å². The molecule has 2 aromatic heterocycles. The molecule has 0 aliphatic heterocycles. The first-order chi connectivity index (χ1) is 12.4. The molecule has 5 nitrogen and oxygen atoms in total. The molecule has 0 saturated heterocycles. The fourth-order valence-electron chi connectivity index (χ4n) is 2.28. The van der Waals surface area contributed by atoms with Crippen LogP contribution in [0.25, 0.3) is 11.1 Å². The Labute approximate surface area is 145 Å². The number of halogens is 3. The van der Waals surface area contributed by atoms with E-state index in [4.69, 9.17) is 0 Å². The highest BCUT2D eigenvalue weighted by Gasteiger charge is 2.33. The molecular weight excluding hydrogens is 347 g/mol. The number of alkyl halides is 3. The first kappa shape index (κ1) is 17.4. The molecule has 0 bridgehead atoms. The second kappa shape index (κ2) is 6.83. The van der Waals surface area contributed by atoms with Gasteiger partial charge in [0.2, 0.25) is 11.6 Å². The zero-order valence-electron chi connectivity index (χ0n) is 13.1. The minimum atomic E-state index is -4.70. The van der Waals surface area contributed by atoms with Crippen LogP contribution in [0.15, 0.2) is 61.3 Å². The van der Waals surface area contributed by atoms with Crippen molar-refractivity contribution in [3.8, 4) is 11.1 Å². The van der Waals surface area contributed by atoms with E-state index in [1.54, 1.807) is 12.1 Å². The van der Waals surface area contributed by atoms with Crippen LogP contribution in [0.1, 0.15) is 26.4 Å². The Bertz CT molecular complexity index is 973. The first-order valence-corrected chi connectivity index (χ1v) is 7.34. The van der Waals surface area contributed by atoms with Gasteiger partial charge in [0.15, 0.2) is 0 Å². The summed E-state index contributed by atoms with van der Waals surface area (Å²) < 4.78 is 38.2. The summed E-state index contributed by atoms with van der Waals surface area (Å²) in [5, 5.41) is 0. The molecule has 0 aliphatic carbocycles. The average Bonchev–Trinajstić information content (AvgIpc) is 2.67. The Hall–Kier alpha value is -3.42. The van der Waals surface area contributed by atoms with Crippen molar-refractivity contribution in [3.63, 3.8) is 0 Å². The molecule has 0 amide bonds. The molecule has 0 unspecified atom stereocenters. The van der Waals surface area contributed by atoms with Crippen LogP contribution >= 0.6 is 0 Å². The predicted molar refractivity (Wildman–Crippen MR) is 85.4 cm³/mol. The summed E-state index contributed by atoms with van der Waals surface area (Å²) in [7, 11) is 0. The van der Waals surface area contributed by atoms with E-state index in [1.807, 2.05) is 0 Å². The molecule has 0 saturated carbocycles. The monoisotopic (exact) mass is 357 g/mol. The van der Waals surface area contributed by atoms with Gasteiger partial charge >= 0.3 is 6.18 Å². The predicted octanol–water partition coefficient (Wildman–Crippen LogP) is 3.62. The normalized spacial score (nSPS) is 11.2. The lowest BCUT2D eigenvalue weighted by atomic mass is 9.98. The molecule has 0 fully saturated rings. The van der Waals surface area contributed by atoms with Gasteiger partial charge < -0.3 is 0 Å². The molecule has 0 N–H and O–H groups in total. The summed E-state index contributed by atoms with van der Waals surface area (Å²) >= 11 is 0. The maximum atomic E-state index is 12.7. The third-order valence-corrected chi connectivity index (χ3v) is 3.54. The Morgan fingerprint density at radius 2 is 1.50 bits per heavy atom. The number of pyridine rings is 1. The van der Waals surface area contributed by atoms with Crippen LogP contribution in [0.2, 0.25) is 0 Å². The number of rotatable bonds is 4. The Kier molecular flexibility index (Phi) is 4.57. The summed E-state index contributed by atoms with van der Waals surface area (Å²) in [5.74, 6) is -1.96. The van der Waals surface area contributed by atoms with Crippen LogP contribution in [0.3, 0.4) is 0 Å². The van der Waals surface area contributed by atoms with Crippen molar-refractivity contribution in [1.82, 2.24) is 15.0 Å². The maximum Gasteiger partial charge on any atom is 0.433 e. The smallest absolute Gasteiger partial charge is 0.285 e. The zero-order chi connectivity index (χ0) is 18.7. The number of nitrogens with zero attached hydrogens (tertiary/aromatic N) is 3. The number of aromatic nitrogens is 3. The van der Waals surface area contributed by atoms with E-state index < -0.39 is 23.4 Å². The fraction of sp³-hybridized carbons (Fsp3) is 0.0556. The topological polar surface area (TPSA) is 72.8 Å². The van der Waals surface area contributed by atoms with E-state index in [2.05, 4.69) is 15.0 Å². The van der Waals surface area contributed by atoms with E-state index in [0.29, 0.717) is 17.2 Å². The van der Waals surface area contributed by atoms with Crippen molar-refractivity contribution < 1.29 is 22.8 Å². The van der Waals surface area contributed by atoms with Gasteiger partial charge in [-0.05, 0) is 23.8 Å². The molecular formula is C18H10F3N3O2. The fourth-order valence-corrected chi connectivity index (χ4v) is 2.28. The quantitative estimate of drug-likeness (QED) is 0.527. The van der Waals surface area contributed by atoms with Gasteiger partial charge in [-0.3, -0.25) is 14.6 Å². The molecule has 26 heavy (non-hydrogen) atoms. The van der Waals surface area contributed by atoms with Crippen LogP contribution in [0, 0.1) is 0 Å². The van der Waals surface area contributed by atoms with Crippen molar-refractivity contribution in [2.24, 2.45) is 0 Å². The molecule has 3 aromatic rings. The SMILES string of the molecule is O=C(C(=O)c1ccnc(C(F)(F)F)c1)c1cccc(-c2cncnc2)c1. The number of hydrogen-bond donors (Lipinski definition) is 0. The summed E-state index contributed by atoms with van der Waals surface area (Å²) in [6.07, 6.45) is 0.575. The lowest BCUT2D eigenvalue weighted by Gasteiger charge is -2.07. The molecule has 8 heteroatoms. The highest BCUT2D eigenvalue weighted by Crippen LogP contribution is 2.28. The van der Waals surface area contributed by atoms with Crippen LogP contribution in [0.5, 0.6) is 0 Å². The van der Waals surface area contributed by atoms with Gasteiger partial charge in [0, 0.05) is 35.3 Å². The van der Waals surface area contributed by atoms with Gasteiger partial charge in [0.25, 0.3) is 0 Å². The Morgan fingerprint density at radius 3 is 2.15 bits per heavy atom. The van der Waals surface area contributed by atoms with Crippen molar-refractivity contribution in [2.75, 3.05) is 0 Å². The summed E-state index contributed by atoms with van der Waals surface area (Å²) in [5.41, 5.74) is -0.299. The largest absolute Gasteiger partial charge is 0.433 e. The number of ketones is 2. The highest BCUT2D eigenvalue weighted by molar-refractivity contribution is 6.49. The summed E-state index contributed by atoms with van der Waals surface area (Å²) in [6, 6.07) is 7.79. The number of hydrogen-bond acceptors (Lipinski definition) is 5. The van der Waals surface area contributed by atoms with Crippen molar-refractivity contribution >= 4 is 11.6 Å². The van der Waals surface area contributed by atoms with E-state index in [9.17, 15) is 22.8 Å².